The van der Waals surface area contributed by atoms with Gasteiger partial charge in [0.05, 0.1) is 0 Å². The molecule has 0 bridgehead atoms. The van der Waals surface area contributed by atoms with Gasteiger partial charge in [-0.05, 0) is 30.2 Å². The number of fused-ring (bicyclic) bond motifs is 1. The van der Waals surface area contributed by atoms with E-state index in [4.69, 9.17) is 5.73 Å². The SMILES string of the molecule is NCCc1c[nH]c2cc(CBr)ccc12. The van der Waals surface area contributed by atoms with Crippen LogP contribution in [-0.4, -0.2) is 11.5 Å². The van der Waals surface area contributed by atoms with Crippen molar-refractivity contribution in [3.05, 3.63) is 35.5 Å². The topological polar surface area (TPSA) is 41.8 Å². The van der Waals surface area contributed by atoms with Gasteiger partial charge in [0.25, 0.3) is 0 Å². The Labute approximate surface area is 91.6 Å². The van der Waals surface area contributed by atoms with Crippen LogP contribution >= 0.6 is 15.9 Å². The molecule has 0 fully saturated rings. The quantitative estimate of drug-likeness (QED) is 0.811. The molecule has 3 heteroatoms. The zero-order valence-electron chi connectivity index (χ0n) is 7.89. The summed E-state index contributed by atoms with van der Waals surface area (Å²) in [6.07, 6.45) is 2.99. The Morgan fingerprint density at radius 2 is 2.21 bits per heavy atom. The molecule has 1 aromatic heterocycles. The van der Waals surface area contributed by atoms with Gasteiger partial charge in [-0.2, -0.15) is 0 Å². The first kappa shape index (κ1) is 9.74. The third-order valence-electron chi connectivity index (χ3n) is 2.40. The van der Waals surface area contributed by atoms with Crippen LogP contribution in [0.25, 0.3) is 10.9 Å². The van der Waals surface area contributed by atoms with E-state index in [9.17, 15) is 0 Å². The molecule has 0 radical (unpaired) electrons. The van der Waals surface area contributed by atoms with Gasteiger partial charge in [0.15, 0.2) is 0 Å². The van der Waals surface area contributed by atoms with E-state index < -0.39 is 0 Å². The van der Waals surface area contributed by atoms with Crippen molar-refractivity contribution in [1.29, 1.82) is 0 Å². The van der Waals surface area contributed by atoms with Gasteiger partial charge in [0.1, 0.15) is 0 Å². The number of halogens is 1. The Hall–Kier alpha value is -0.800. The molecule has 14 heavy (non-hydrogen) atoms. The number of rotatable bonds is 3. The Morgan fingerprint density at radius 3 is 2.93 bits per heavy atom. The Balaban J connectivity index is 2.48. The van der Waals surface area contributed by atoms with Gasteiger partial charge in [-0.1, -0.05) is 28.1 Å². The zero-order valence-corrected chi connectivity index (χ0v) is 9.47. The average Bonchev–Trinajstić information content (AvgIpc) is 2.61. The normalized spacial score (nSPS) is 11.0. The van der Waals surface area contributed by atoms with E-state index >= 15 is 0 Å². The van der Waals surface area contributed by atoms with Crippen LogP contribution in [0.5, 0.6) is 0 Å². The largest absolute Gasteiger partial charge is 0.361 e. The van der Waals surface area contributed by atoms with Crippen LogP contribution < -0.4 is 5.73 Å². The van der Waals surface area contributed by atoms with E-state index in [1.54, 1.807) is 0 Å². The van der Waals surface area contributed by atoms with E-state index in [0.29, 0.717) is 6.54 Å². The van der Waals surface area contributed by atoms with Crippen molar-refractivity contribution in [2.45, 2.75) is 11.8 Å². The van der Waals surface area contributed by atoms with Gasteiger partial charge in [-0.3, -0.25) is 0 Å². The minimum absolute atomic E-state index is 0.702. The van der Waals surface area contributed by atoms with E-state index in [1.165, 1.54) is 22.0 Å². The van der Waals surface area contributed by atoms with E-state index in [-0.39, 0.29) is 0 Å². The van der Waals surface area contributed by atoms with Crippen LogP contribution in [0.1, 0.15) is 11.1 Å². The molecule has 0 aliphatic rings. The molecule has 0 atom stereocenters. The van der Waals surface area contributed by atoms with Gasteiger partial charge >= 0.3 is 0 Å². The lowest BCUT2D eigenvalue weighted by atomic mass is 10.1. The van der Waals surface area contributed by atoms with Crippen LogP contribution in [0.2, 0.25) is 0 Å². The highest BCUT2D eigenvalue weighted by Gasteiger charge is 2.02. The van der Waals surface area contributed by atoms with Crippen molar-refractivity contribution in [3.63, 3.8) is 0 Å². The molecule has 2 rings (SSSR count). The van der Waals surface area contributed by atoms with Crippen molar-refractivity contribution >= 4 is 26.8 Å². The lowest BCUT2D eigenvalue weighted by Crippen LogP contribution is -2.01. The highest BCUT2D eigenvalue weighted by Crippen LogP contribution is 2.20. The molecule has 0 saturated carbocycles. The molecule has 0 amide bonds. The number of benzene rings is 1. The number of H-pyrrole nitrogens is 1. The second kappa shape index (κ2) is 4.15. The summed E-state index contributed by atoms with van der Waals surface area (Å²) in [4.78, 5) is 3.27. The molecule has 1 heterocycles. The third kappa shape index (κ3) is 1.70. The first-order chi connectivity index (χ1) is 6.85. The maximum Gasteiger partial charge on any atom is 0.0459 e. The van der Waals surface area contributed by atoms with Gasteiger partial charge in [0.2, 0.25) is 0 Å². The Kier molecular flexibility index (Phi) is 2.89. The number of hydrogen-bond acceptors (Lipinski definition) is 1. The van der Waals surface area contributed by atoms with E-state index in [0.717, 1.165) is 11.8 Å². The second-order valence-electron chi connectivity index (χ2n) is 3.37. The van der Waals surface area contributed by atoms with Crippen LogP contribution in [0.15, 0.2) is 24.4 Å². The smallest absolute Gasteiger partial charge is 0.0459 e. The molecule has 0 spiro atoms. The van der Waals surface area contributed by atoms with Crippen molar-refractivity contribution in [2.75, 3.05) is 6.54 Å². The van der Waals surface area contributed by atoms with Crippen molar-refractivity contribution in [1.82, 2.24) is 4.98 Å². The average molecular weight is 253 g/mol. The fraction of sp³-hybridized carbons (Fsp3) is 0.273. The summed E-state index contributed by atoms with van der Waals surface area (Å²) >= 11 is 3.45. The number of hydrogen-bond donors (Lipinski definition) is 2. The molecule has 2 nitrogen and oxygen atoms in total. The third-order valence-corrected chi connectivity index (χ3v) is 3.05. The Morgan fingerprint density at radius 1 is 1.36 bits per heavy atom. The van der Waals surface area contributed by atoms with Crippen LogP contribution in [0, 0.1) is 0 Å². The fourth-order valence-electron chi connectivity index (χ4n) is 1.68. The maximum absolute atomic E-state index is 5.55. The number of aromatic nitrogens is 1. The predicted octanol–water partition coefficient (Wildman–Crippen LogP) is 2.56. The molecule has 2 aromatic rings. The number of nitrogens with one attached hydrogen (secondary N) is 1. The number of aromatic amines is 1. The van der Waals surface area contributed by atoms with E-state index in [1.807, 2.05) is 0 Å². The molecular formula is C11H13BrN2. The van der Waals surface area contributed by atoms with Crippen molar-refractivity contribution < 1.29 is 0 Å². The monoisotopic (exact) mass is 252 g/mol. The lowest BCUT2D eigenvalue weighted by molar-refractivity contribution is 0.976. The molecule has 1 aromatic carbocycles. The minimum atomic E-state index is 0.702. The summed E-state index contributed by atoms with van der Waals surface area (Å²) in [5, 5.41) is 2.19. The molecule has 0 unspecified atom stereocenters. The Bertz CT molecular complexity index is 434. The van der Waals surface area contributed by atoms with Crippen LogP contribution in [0.4, 0.5) is 0 Å². The summed E-state index contributed by atoms with van der Waals surface area (Å²) < 4.78 is 0. The standard InChI is InChI=1S/C11H13BrN2/c12-6-8-1-2-10-9(3-4-13)7-14-11(10)5-8/h1-2,5,7,14H,3-4,6,13H2. The zero-order chi connectivity index (χ0) is 9.97. The molecule has 0 aliphatic heterocycles. The number of nitrogens with two attached hydrogens (primary N) is 1. The first-order valence-corrected chi connectivity index (χ1v) is 5.82. The fourth-order valence-corrected chi connectivity index (χ4v) is 2.03. The molecular weight excluding hydrogens is 240 g/mol. The highest BCUT2D eigenvalue weighted by molar-refractivity contribution is 9.08. The van der Waals surface area contributed by atoms with Crippen LogP contribution in [-0.2, 0) is 11.8 Å². The first-order valence-electron chi connectivity index (χ1n) is 4.70. The van der Waals surface area contributed by atoms with Gasteiger partial charge in [-0.25, -0.2) is 0 Å². The summed E-state index contributed by atoms with van der Waals surface area (Å²) in [7, 11) is 0. The van der Waals surface area contributed by atoms with Crippen molar-refractivity contribution in [2.24, 2.45) is 5.73 Å². The van der Waals surface area contributed by atoms with E-state index in [2.05, 4.69) is 45.3 Å². The van der Waals surface area contributed by atoms with Crippen molar-refractivity contribution in [3.8, 4) is 0 Å². The maximum atomic E-state index is 5.55. The lowest BCUT2D eigenvalue weighted by Gasteiger charge is -1.98. The summed E-state index contributed by atoms with van der Waals surface area (Å²) in [5.74, 6) is 0. The van der Waals surface area contributed by atoms with Gasteiger partial charge < -0.3 is 10.7 Å². The van der Waals surface area contributed by atoms with Gasteiger partial charge in [0, 0.05) is 22.4 Å². The second-order valence-corrected chi connectivity index (χ2v) is 3.93. The van der Waals surface area contributed by atoms with Crippen LogP contribution in [0.3, 0.4) is 0 Å². The van der Waals surface area contributed by atoms with Gasteiger partial charge in [-0.15, -0.1) is 0 Å². The summed E-state index contributed by atoms with van der Waals surface area (Å²) in [6.45, 7) is 0.702. The number of alkyl halides is 1. The minimum Gasteiger partial charge on any atom is -0.361 e. The molecule has 3 N–H and O–H groups in total. The summed E-state index contributed by atoms with van der Waals surface area (Å²) in [5.41, 5.74) is 9.34. The highest BCUT2D eigenvalue weighted by atomic mass is 79.9. The molecule has 0 saturated heterocycles. The predicted molar refractivity (Wildman–Crippen MR) is 63.7 cm³/mol. The summed E-state index contributed by atoms with van der Waals surface area (Å²) in [6, 6.07) is 6.47. The molecule has 0 aliphatic carbocycles. The molecule has 74 valence electrons.